The third kappa shape index (κ3) is 3.14. The fraction of sp³-hybridized carbons (Fsp3) is 0.200. The Morgan fingerprint density at radius 2 is 2.17 bits per heavy atom. The quantitative estimate of drug-likeness (QED) is 0.783. The molecule has 7 nitrogen and oxygen atoms in total. The maximum absolute atomic E-state index is 12.6. The summed E-state index contributed by atoms with van der Waals surface area (Å²) in [5.41, 5.74) is 1.38. The third-order valence-electron chi connectivity index (χ3n) is 3.33. The van der Waals surface area contributed by atoms with Gasteiger partial charge in [0.05, 0.1) is 18.1 Å². The van der Waals surface area contributed by atoms with Crippen molar-refractivity contribution in [2.75, 3.05) is 5.01 Å². The molecular weight excluding hydrogens is 320 g/mol. The highest BCUT2D eigenvalue weighted by Crippen LogP contribution is 2.23. The number of ether oxygens (including phenoxy) is 1. The third-order valence-corrected chi connectivity index (χ3v) is 3.33. The molecular formula is C15H13F2N5O2. The molecule has 2 aromatic rings. The first-order chi connectivity index (χ1) is 11.6. The molecule has 3 rings (SSSR count). The van der Waals surface area contributed by atoms with Gasteiger partial charge in [0.2, 0.25) is 6.23 Å². The van der Waals surface area contributed by atoms with Crippen molar-refractivity contribution in [2.24, 2.45) is 12.1 Å². The summed E-state index contributed by atoms with van der Waals surface area (Å²) >= 11 is 0. The van der Waals surface area contributed by atoms with Crippen molar-refractivity contribution in [3.05, 3.63) is 54.1 Å². The van der Waals surface area contributed by atoms with Crippen LogP contribution in [0.1, 0.15) is 17.7 Å². The fourth-order valence-electron chi connectivity index (χ4n) is 2.19. The van der Waals surface area contributed by atoms with Crippen LogP contribution in [0, 0.1) is 0 Å². The molecule has 0 aliphatic carbocycles. The SMILES string of the molecule is Cn1cc(N2N=C(c3ccc(C(F)F)nc3)C=CC2OC=O)cn1. The predicted octanol–water partition coefficient (Wildman–Crippen LogP) is 2.03. The number of pyridine rings is 1. The van der Waals surface area contributed by atoms with Crippen molar-refractivity contribution in [1.82, 2.24) is 14.8 Å². The number of halogens is 2. The van der Waals surface area contributed by atoms with Crippen LogP contribution >= 0.6 is 0 Å². The average Bonchev–Trinajstić information content (AvgIpc) is 3.02. The van der Waals surface area contributed by atoms with Gasteiger partial charge in [-0.3, -0.25) is 14.5 Å². The molecule has 3 heterocycles. The van der Waals surface area contributed by atoms with Gasteiger partial charge >= 0.3 is 0 Å². The molecule has 1 unspecified atom stereocenters. The number of aryl methyl sites for hydroxylation is 1. The minimum absolute atomic E-state index is 0.301. The van der Waals surface area contributed by atoms with Gasteiger partial charge in [-0.15, -0.1) is 0 Å². The lowest BCUT2D eigenvalue weighted by atomic mass is 10.1. The van der Waals surface area contributed by atoms with E-state index in [1.807, 2.05) is 0 Å². The van der Waals surface area contributed by atoms with Gasteiger partial charge in [-0.1, -0.05) is 0 Å². The number of nitrogens with zero attached hydrogens (tertiary/aromatic N) is 5. The van der Waals surface area contributed by atoms with Crippen molar-refractivity contribution in [3.63, 3.8) is 0 Å². The predicted molar refractivity (Wildman–Crippen MR) is 81.5 cm³/mol. The first kappa shape index (κ1) is 15.8. The molecule has 0 spiro atoms. The van der Waals surface area contributed by atoms with E-state index in [4.69, 9.17) is 4.74 Å². The van der Waals surface area contributed by atoms with E-state index in [-0.39, 0.29) is 5.69 Å². The lowest BCUT2D eigenvalue weighted by molar-refractivity contribution is -0.131. The monoisotopic (exact) mass is 333 g/mol. The standard InChI is InChI=1S/C15H13F2N5O2/c1-21-8-11(7-19-21)22-14(24-9-23)5-4-12(20-22)10-2-3-13(15(16)17)18-6-10/h2-9,14-15H,1H3. The number of hydrazone groups is 1. The molecule has 1 aliphatic rings. The van der Waals surface area contributed by atoms with E-state index >= 15 is 0 Å². The molecule has 0 aromatic carbocycles. The normalized spacial score (nSPS) is 17.1. The Hall–Kier alpha value is -3.10. The summed E-state index contributed by atoms with van der Waals surface area (Å²) in [4.78, 5) is 14.4. The van der Waals surface area contributed by atoms with E-state index in [0.717, 1.165) is 0 Å². The number of carbonyl (C=O) groups is 1. The minimum Gasteiger partial charge on any atom is -0.438 e. The van der Waals surface area contributed by atoms with Crippen molar-refractivity contribution in [3.8, 4) is 0 Å². The first-order valence-electron chi connectivity index (χ1n) is 6.97. The van der Waals surface area contributed by atoms with Crippen LogP contribution in [0.4, 0.5) is 14.5 Å². The van der Waals surface area contributed by atoms with Crippen LogP contribution < -0.4 is 5.01 Å². The Labute approximate surface area is 135 Å². The van der Waals surface area contributed by atoms with E-state index in [1.54, 1.807) is 36.3 Å². The molecule has 1 atom stereocenters. The van der Waals surface area contributed by atoms with Gasteiger partial charge in [0.25, 0.3) is 12.9 Å². The molecule has 0 radical (unpaired) electrons. The summed E-state index contributed by atoms with van der Waals surface area (Å²) in [5.74, 6) is 0. The van der Waals surface area contributed by atoms with E-state index in [2.05, 4.69) is 15.2 Å². The Balaban J connectivity index is 1.93. The van der Waals surface area contributed by atoms with Gasteiger partial charge in [0.15, 0.2) is 0 Å². The molecule has 0 saturated heterocycles. The summed E-state index contributed by atoms with van der Waals surface area (Å²) in [7, 11) is 1.75. The Morgan fingerprint density at radius 3 is 2.75 bits per heavy atom. The van der Waals surface area contributed by atoms with Crippen molar-refractivity contribution < 1.29 is 18.3 Å². The van der Waals surface area contributed by atoms with Crippen LogP contribution in [0.2, 0.25) is 0 Å². The van der Waals surface area contributed by atoms with Crippen LogP contribution in [-0.4, -0.2) is 33.2 Å². The van der Waals surface area contributed by atoms with Gasteiger partial charge in [-0.05, 0) is 24.3 Å². The van der Waals surface area contributed by atoms with Gasteiger partial charge < -0.3 is 4.74 Å². The number of hydrogen-bond acceptors (Lipinski definition) is 6. The Kier molecular flexibility index (Phi) is 4.32. The zero-order valence-electron chi connectivity index (χ0n) is 12.6. The van der Waals surface area contributed by atoms with Crippen molar-refractivity contribution in [1.29, 1.82) is 0 Å². The summed E-state index contributed by atoms with van der Waals surface area (Å²) in [5, 5.41) is 9.94. The largest absolute Gasteiger partial charge is 0.438 e. The van der Waals surface area contributed by atoms with Crippen LogP contribution in [0.15, 0.2) is 48.0 Å². The van der Waals surface area contributed by atoms with E-state index in [1.165, 1.54) is 23.3 Å². The number of alkyl halides is 2. The van der Waals surface area contributed by atoms with Crippen molar-refractivity contribution >= 4 is 17.9 Å². The smallest absolute Gasteiger partial charge is 0.295 e. The van der Waals surface area contributed by atoms with Gasteiger partial charge in [0.1, 0.15) is 11.4 Å². The Morgan fingerprint density at radius 1 is 1.33 bits per heavy atom. The molecule has 9 heteroatoms. The van der Waals surface area contributed by atoms with Gasteiger partial charge in [-0.25, -0.2) is 13.8 Å². The van der Waals surface area contributed by atoms with E-state index in [0.29, 0.717) is 23.4 Å². The zero-order valence-corrected chi connectivity index (χ0v) is 12.6. The van der Waals surface area contributed by atoms with Gasteiger partial charge in [0, 0.05) is 18.8 Å². The highest BCUT2D eigenvalue weighted by atomic mass is 19.3. The lowest BCUT2D eigenvalue weighted by Gasteiger charge is -2.27. The number of anilines is 1. The molecule has 0 N–H and O–H groups in total. The number of rotatable bonds is 5. The van der Waals surface area contributed by atoms with E-state index in [9.17, 15) is 13.6 Å². The summed E-state index contributed by atoms with van der Waals surface area (Å²) in [6.07, 6.45) is 4.53. The van der Waals surface area contributed by atoms with Gasteiger partial charge in [-0.2, -0.15) is 10.2 Å². The molecule has 0 bridgehead atoms. The topological polar surface area (TPSA) is 72.6 Å². The summed E-state index contributed by atoms with van der Waals surface area (Å²) in [6.45, 7) is 0.331. The van der Waals surface area contributed by atoms with Crippen molar-refractivity contribution in [2.45, 2.75) is 12.7 Å². The summed E-state index contributed by atoms with van der Waals surface area (Å²) in [6, 6.07) is 2.76. The molecule has 0 saturated carbocycles. The molecule has 2 aromatic heterocycles. The second-order valence-corrected chi connectivity index (χ2v) is 4.96. The maximum atomic E-state index is 12.6. The zero-order chi connectivity index (χ0) is 17.1. The molecule has 1 aliphatic heterocycles. The minimum atomic E-state index is -2.62. The fourth-order valence-corrected chi connectivity index (χ4v) is 2.19. The molecule has 0 amide bonds. The highest BCUT2D eigenvalue weighted by molar-refractivity contribution is 6.09. The number of hydrogen-bond donors (Lipinski definition) is 0. The second-order valence-electron chi connectivity index (χ2n) is 4.96. The maximum Gasteiger partial charge on any atom is 0.295 e. The second kappa shape index (κ2) is 6.57. The van der Waals surface area contributed by atoms with Crippen LogP contribution in [0.3, 0.4) is 0 Å². The number of allylic oxidation sites excluding steroid dienone is 1. The molecule has 0 fully saturated rings. The number of carbonyl (C=O) groups excluding carboxylic acids is 1. The average molecular weight is 333 g/mol. The first-order valence-corrected chi connectivity index (χ1v) is 6.97. The highest BCUT2D eigenvalue weighted by Gasteiger charge is 2.23. The van der Waals surface area contributed by atoms with Crippen LogP contribution in [0.5, 0.6) is 0 Å². The Bertz CT molecular complexity index is 785. The van der Waals surface area contributed by atoms with E-state index < -0.39 is 12.7 Å². The van der Waals surface area contributed by atoms with Crippen LogP contribution in [-0.2, 0) is 16.6 Å². The summed E-state index contributed by atoms with van der Waals surface area (Å²) < 4.78 is 31.8. The molecule has 24 heavy (non-hydrogen) atoms. The molecule has 124 valence electrons. The number of aromatic nitrogens is 3. The van der Waals surface area contributed by atoms with Crippen LogP contribution in [0.25, 0.3) is 0 Å². The lowest BCUT2D eigenvalue weighted by Crippen LogP contribution is -2.35.